The number of hydrogen-bond acceptors (Lipinski definition) is 4. The standard InChI is InChI=1S/C28H35N3O2/c1-20(2)18-29-13-15-30(16-14-29)23-9-10-25-24-11-12-31(27(21(24)3)26(25)17-23)28(32)33-19-22-7-5-4-6-8-22/h4-10,17,21,24,27H,1,11-16,18-19H2,2-3H3/t21-,24?,27?/m0/s1. The summed E-state index contributed by atoms with van der Waals surface area (Å²) in [5.41, 5.74) is 6.27. The molecule has 2 aliphatic heterocycles. The number of anilines is 1. The minimum absolute atomic E-state index is 0.103. The minimum Gasteiger partial charge on any atom is -0.445 e. The number of ether oxygens (including phenoxy) is 1. The van der Waals surface area contributed by atoms with Crippen LogP contribution >= 0.6 is 0 Å². The van der Waals surface area contributed by atoms with E-state index in [1.807, 2.05) is 35.2 Å². The van der Waals surface area contributed by atoms with Crippen LogP contribution in [0.1, 0.15) is 48.9 Å². The second-order valence-corrected chi connectivity index (χ2v) is 9.97. The van der Waals surface area contributed by atoms with E-state index in [1.54, 1.807) is 0 Å². The van der Waals surface area contributed by atoms with Crippen molar-refractivity contribution in [3.63, 3.8) is 0 Å². The Labute approximate surface area is 197 Å². The van der Waals surface area contributed by atoms with Gasteiger partial charge in [0, 0.05) is 45.0 Å². The first-order valence-corrected chi connectivity index (χ1v) is 12.2. The molecule has 0 N–H and O–H groups in total. The van der Waals surface area contributed by atoms with Crippen LogP contribution in [0.4, 0.5) is 10.5 Å². The van der Waals surface area contributed by atoms with Crippen LogP contribution in [0.2, 0.25) is 0 Å². The first-order valence-electron chi connectivity index (χ1n) is 12.2. The Bertz CT molecular complexity index is 1010. The van der Waals surface area contributed by atoms with Gasteiger partial charge in [-0.2, -0.15) is 0 Å². The molecule has 5 rings (SSSR count). The summed E-state index contributed by atoms with van der Waals surface area (Å²) in [5, 5.41) is 0. The van der Waals surface area contributed by atoms with Crippen molar-refractivity contribution in [3.8, 4) is 0 Å². The van der Waals surface area contributed by atoms with E-state index in [0.717, 1.165) is 51.3 Å². The number of nitrogens with zero attached hydrogens (tertiary/aromatic N) is 3. The molecule has 2 unspecified atom stereocenters. The zero-order chi connectivity index (χ0) is 22.9. The van der Waals surface area contributed by atoms with Crippen LogP contribution in [0.25, 0.3) is 0 Å². The maximum absolute atomic E-state index is 13.1. The van der Waals surface area contributed by atoms with Gasteiger partial charge in [-0.3, -0.25) is 4.90 Å². The summed E-state index contributed by atoms with van der Waals surface area (Å²) in [7, 11) is 0. The lowest BCUT2D eigenvalue weighted by Gasteiger charge is -2.38. The van der Waals surface area contributed by atoms with Crippen molar-refractivity contribution in [1.82, 2.24) is 9.80 Å². The molecule has 2 aromatic carbocycles. The fourth-order valence-electron chi connectivity index (χ4n) is 5.98. The number of hydrogen-bond donors (Lipinski definition) is 0. The molecule has 3 atom stereocenters. The highest BCUT2D eigenvalue weighted by molar-refractivity contribution is 5.70. The summed E-state index contributed by atoms with van der Waals surface area (Å²) >= 11 is 0. The molecular weight excluding hydrogens is 410 g/mol. The molecule has 1 aliphatic carbocycles. The first-order chi connectivity index (χ1) is 16.0. The zero-order valence-electron chi connectivity index (χ0n) is 19.9. The quantitative estimate of drug-likeness (QED) is 0.593. The van der Waals surface area contributed by atoms with Gasteiger partial charge >= 0.3 is 6.09 Å². The highest BCUT2D eigenvalue weighted by Crippen LogP contribution is 2.53. The Kier molecular flexibility index (Phi) is 6.15. The van der Waals surface area contributed by atoms with Gasteiger partial charge in [-0.25, -0.2) is 4.79 Å². The molecule has 2 aromatic rings. The molecular formula is C28H35N3O2. The molecule has 33 heavy (non-hydrogen) atoms. The first kappa shape index (κ1) is 22.0. The largest absolute Gasteiger partial charge is 0.445 e. The van der Waals surface area contributed by atoms with Gasteiger partial charge in [0.05, 0.1) is 6.04 Å². The van der Waals surface area contributed by atoms with E-state index >= 15 is 0 Å². The van der Waals surface area contributed by atoms with Crippen molar-refractivity contribution in [3.05, 3.63) is 77.4 Å². The maximum Gasteiger partial charge on any atom is 0.410 e. The third-order valence-corrected chi connectivity index (χ3v) is 7.61. The van der Waals surface area contributed by atoms with Crippen LogP contribution in [0.3, 0.4) is 0 Å². The lowest BCUT2D eigenvalue weighted by atomic mass is 9.86. The van der Waals surface area contributed by atoms with Crippen LogP contribution in [0.15, 0.2) is 60.7 Å². The van der Waals surface area contributed by atoms with Gasteiger partial charge in [-0.05, 0) is 54.0 Å². The van der Waals surface area contributed by atoms with E-state index in [0.29, 0.717) is 18.4 Å². The molecule has 0 radical (unpaired) electrons. The van der Waals surface area contributed by atoms with Crippen molar-refractivity contribution >= 4 is 11.8 Å². The number of benzene rings is 2. The third-order valence-electron chi connectivity index (χ3n) is 7.61. The van der Waals surface area contributed by atoms with E-state index in [9.17, 15) is 4.79 Å². The third kappa shape index (κ3) is 4.39. The monoisotopic (exact) mass is 445 g/mol. The second-order valence-electron chi connectivity index (χ2n) is 9.97. The summed E-state index contributed by atoms with van der Waals surface area (Å²) < 4.78 is 5.74. The molecule has 2 bridgehead atoms. The highest BCUT2D eigenvalue weighted by atomic mass is 16.6. The molecule has 0 spiro atoms. The SMILES string of the molecule is C=C(C)CN1CCN(c2ccc3c(c2)C2[C@@H](C)C3CCN2C(=O)OCc2ccccc2)CC1. The van der Waals surface area contributed by atoms with Crippen molar-refractivity contribution in [1.29, 1.82) is 0 Å². The zero-order valence-corrected chi connectivity index (χ0v) is 19.9. The van der Waals surface area contributed by atoms with Crippen LogP contribution in [0.5, 0.6) is 0 Å². The van der Waals surface area contributed by atoms with E-state index in [4.69, 9.17) is 4.74 Å². The van der Waals surface area contributed by atoms with Crippen LogP contribution in [0, 0.1) is 5.92 Å². The van der Waals surface area contributed by atoms with E-state index < -0.39 is 0 Å². The Morgan fingerprint density at radius 2 is 1.79 bits per heavy atom. The molecule has 0 saturated carbocycles. The molecule has 3 aliphatic rings. The summed E-state index contributed by atoms with van der Waals surface area (Å²) in [5.74, 6) is 0.949. The lowest BCUT2D eigenvalue weighted by Crippen LogP contribution is -2.46. The fourth-order valence-corrected chi connectivity index (χ4v) is 5.98. The average molecular weight is 446 g/mol. The van der Waals surface area contributed by atoms with Gasteiger partial charge in [-0.1, -0.05) is 55.5 Å². The predicted octanol–water partition coefficient (Wildman–Crippen LogP) is 5.20. The maximum atomic E-state index is 13.1. The molecule has 1 amide bonds. The van der Waals surface area contributed by atoms with E-state index in [1.165, 1.54) is 22.4 Å². The average Bonchev–Trinajstić information content (AvgIpc) is 2.98. The predicted molar refractivity (Wildman–Crippen MR) is 133 cm³/mol. The molecule has 174 valence electrons. The number of likely N-dealkylation sites (tertiary alicyclic amines) is 1. The highest BCUT2D eigenvalue weighted by Gasteiger charge is 2.47. The molecule has 0 aromatic heterocycles. The summed E-state index contributed by atoms with van der Waals surface area (Å²) in [6.45, 7) is 14.7. The van der Waals surface area contributed by atoms with Crippen molar-refractivity contribution in [2.75, 3.05) is 44.2 Å². The van der Waals surface area contributed by atoms with Crippen LogP contribution in [-0.2, 0) is 11.3 Å². The van der Waals surface area contributed by atoms with Crippen molar-refractivity contribution in [2.24, 2.45) is 5.92 Å². The molecule has 5 heteroatoms. The number of rotatable bonds is 5. The minimum atomic E-state index is -0.194. The topological polar surface area (TPSA) is 36.0 Å². The van der Waals surface area contributed by atoms with Crippen LogP contribution < -0.4 is 4.90 Å². The number of piperazine rings is 1. The fraction of sp³-hybridized carbons (Fsp3) is 0.464. The Hall–Kier alpha value is -2.79. The van der Waals surface area contributed by atoms with E-state index in [-0.39, 0.29) is 12.1 Å². The van der Waals surface area contributed by atoms with E-state index in [2.05, 4.69) is 48.4 Å². The Morgan fingerprint density at radius 1 is 1.03 bits per heavy atom. The smallest absolute Gasteiger partial charge is 0.410 e. The van der Waals surface area contributed by atoms with Gasteiger partial charge in [0.25, 0.3) is 0 Å². The van der Waals surface area contributed by atoms with Gasteiger partial charge in [0.2, 0.25) is 0 Å². The Morgan fingerprint density at radius 3 is 2.52 bits per heavy atom. The summed E-state index contributed by atoms with van der Waals surface area (Å²) in [4.78, 5) is 20.0. The number of piperidine rings is 1. The summed E-state index contributed by atoms with van der Waals surface area (Å²) in [6.07, 6.45) is 0.810. The lowest BCUT2D eigenvalue weighted by molar-refractivity contribution is 0.0531. The van der Waals surface area contributed by atoms with Gasteiger partial charge < -0.3 is 14.5 Å². The number of fused-ring (bicyclic) bond motifs is 5. The normalized spacial score (nSPS) is 24.5. The van der Waals surface area contributed by atoms with Gasteiger partial charge in [-0.15, -0.1) is 0 Å². The van der Waals surface area contributed by atoms with Gasteiger partial charge in [0.1, 0.15) is 6.61 Å². The molecule has 2 fully saturated rings. The second kappa shape index (κ2) is 9.22. The number of carbonyl (C=O) groups is 1. The van der Waals surface area contributed by atoms with Crippen molar-refractivity contribution in [2.45, 2.75) is 38.8 Å². The number of carbonyl (C=O) groups excluding carboxylic acids is 1. The Balaban J connectivity index is 1.31. The summed E-state index contributed by atoms with van der Waals surface area (Å²) in [6, 6.07) is 17.0. The number of amides is 1. The molecule has 2 heterocycles. The van der Waals surface area contributed by atoms with Crippen molar-refractivity contribution < 1.29 is 9.53 Å². The van der Waals surface area contributed by atoms with Gasteiger partial charge in [0.15, 0.2) is 0 Å². The molecule has 5 nitrogen and oxygen atoms in total. The molecule has 2 saturated heterocycles. The van der Waals surface area contributed by atoms with Crippen LogP contribution in [-0.4, -0.2) is 55.2 Å².